The molecule has 0 saturated heterocycles. The molecule has 0 bridgehead atoms. The van der Waals surface area contributed by atoms with Crippen molar-refractivity contribution < 1.29 is 9.32 Å². The lowest BCUT2D eigenvalue weighted by molar-refractivity contribution is 0.102. The highest BCUT2D eigenvalue weighted by Crippen LogP contribution is 2.16. The Balaban J connectivity index is 1.81. The van der Waals surface area contributed by atoms with Gasteiger partial charge >= 0.3 is 0 Å². The molecule has 0 spiro atoms. The van der Waals surface area contributed by atoms with Gasteiger partial charge in [-0.15, -0.1) is 0 Å². The van der Waals surface area contributed by atoms with Crippen LogP contribution in [0, 0.1) is 20.8 Å². The van der Waals surface area contributed by atoms with Crippen LogP contribution in [-0.2, 0) is 0 Å². The minimum atomic E-state index is -0.300. The van der Waals surface area contributed by atoms with Gasteiger partial charge in [0.2, 0.25) is 0 Å². The van der Waals surface area contributed by atoms with Crippen LogP contribution in [0.25, 0.3) is 0 Å². The topological polar surface area (TPSA) is 92.9 Å². The van der Waals surface area contributed by atoms with Gasteiger partial charge in [-0.1, -0.05) is 17.3 Å². The monoisotopic (exact) mass is 323 g/mol. The van der Waals surface area contributed by atoms with Crippen LogP contribution in [0.1, 0.15) is 27.6 Å². The number of anilines is 3. The SMILES string of the molecule is Cc1cccc(NC(=O)c2cc(Nc3cc(C)on3)nc(C)n2)c1. The molecule has 0 saturated carbocycles. The summed E-state index contributed by atoms with van der Waals surface area (Å²) in [6.07, 6.45) is 0. The van der Waals surface area contributed by atoms with Crippen molar-refractivity contribution in [2.24, 2.45) is 0 Å². The molecular weight excluding hydrogens is 306 g/mol. The zero-order valence-electron chi connectivity index (χ0n) is 13.6. The van der Waals surface area contributed by atoms with Crippen molar-refractivity contribution in [3.63, 3.8) is 0 Å². The fraction of sp³-hybridized carbons (Fsp3) is 0.176. The summed E-state index contributed by atoms with van der Waals surface area (Å²) in [6, 6.07) is 10.9. The summed E-state index contributed by atoms with van der Waals surface area (Å²) in [6.45, 7) is 5.49. The van der Waals surface area contributed by atoms with Gasteiger partial charge in [0, 0.05) is 17.8 Å². The molecule has 3 aromatic rings. The minimum Gasteiger partial charge on any atom is -0.360 e. The predicted octanol–water partition coefficient (Wildman–Crippen LogP) is 3.39. The van der Waals surface area contributed by atoms with E-state index in [2.05, 4.69) is 25.8 Å². The van der Waals surface area contributed by atoms with Gasteiger partial charge in [-0.05, 0) is 38.5 Å². The summed E-state index contributed by atoms with van der Waals surface area (Å²) < 4.78 is 5.00. The van der Waals surface area contributed by atoms with E-state index in [4.69, 9.17) is 4.52 Å². The number of aryl methyl sites for hydroxylation is 3. The largest absolute Gasteiger partial charge is 0.360 e. The zero-order chi connectivity index (χ0) is 17.1. The third-order valence-electron chi connectivity index (χ3n) is 3.23. The van der Waals surface area contributed by atoms with Crippen molar-refractivity contribution in [3.8, 4) is 0 Å². The number of benzene rings is 1. The molecule has 1 amide bonds. The number of nitrogens with one attached hydrogen (secondary N) is 2. The molecule has 24 heavy (non-hydrogen) atoms. The molecule has 2 heterocycles. The first-order valence-corrected chi connectivity index (χ1v) is 7.43. The van der Waals surface area contributed by atoms with E-state index < -0.39 is 0 Å². The Morgan fingerprint density at radius 2 is 1.88 bits per heavy atom. The Kier molecular flexibility index (Phi) is 4.24. The summed E-state index contributed by atoms with van der Waals surface area (Å²) in [4.78, 5) is 20.9. The van der Waals surface area contributed by atoms with E-state index in [9.17, 15) is 4.79 Å². The Morgan fingerprint density at radius 1 is 1.04 bits per heavy atom. The molecule has 0 aliphatic rings. The molecule has 2 N–H and O–H groups in total. The number of hydrogen-bond acceptors (Lipinski definition) is 6. The Hall–Kier alpha value is -3.22. The van der Waals surface area contributed by atoms with Crippen molar-refractivity contribution >= 4 is 23.2 Å². The summed E-state index contributed by atoms with van der Waals surface area (Å²) >= 11 is 0. The van der Waals surface area contributed by atoms with Crippen LogP contribution in [0.3, 0.4) is 0 Å². The van der Waals surface area contributed by atoms with Crippen LogP contribution in [0.4, 0.5) is 17.3 Å². The fourth-order valence-corrected chi connectivity index (χ4v) is 2.22. The van der Waals surface area contributed by atoms with E-state index >= 15 is 0 Å². The Bertz CT molecular complexity index is 888. The standard InChI is InChI=1S/C17H17N5O2/c1-10-5-4-6-13(7-10)20-17(23)14-9-15(19-12(3)18-14)21-16-8-11(2)24-22-16/h4-9H,1-3H3,(H,20,23)(H,18,19,21,22). The van der Waals surface area contributed by atoms with Gasteiger partial charge in [0.1, 0.15) is 23.1 Å². The zero-order valence-corrected chi connectivity index (χ0v) is 13.6. The lowest BCUT2D eigenvalue weighted by atomic mass is 10.2. The second-order valence-electron chi connectivity index (χ2n) is 5.46. The minimum absolute atomic E-state index is 0.270. The van der Waals surface area contributed by atoms with Crippen LogP contribution in [0.2, 0.25) is 0 Å². The normalized spacial score (nSPS) is 10.5. The third kappa shape index (κ3) is 3.75. The molecule has 0 fully saturated rings. The Morgan fingerprint density at radius 3 is 2.58 bits per heavy atom. The van der Waals surface area contributed by atoms with E-state index in [0.717, 1.165) is 11.3 Å². The molecule has 3 rings (SSSR count). The van der Waals surface area contributed by atoms with Gasteiger partial charge in [-0.25, -0.2) is 9.97 Å². The lowest BCUT2D eigenvalue weighted by Crippen LogP contribution is -2.15. The molecule has 0 aliphatic carbocycles. The number of nitrogens with zero attached hydrogens (tertiary/aromatic N) is 3. The fourth-order valence-electron chi connectivity index (χ4n) is 2.22. The predicted molar refractivity (Wildman–Crippen MR) is 90.4 cm³/mol. The van der Waals surface area contributed by atoms with Gasteiger partial charge in [-0.3, -0.25) is 4.79 Å². The molecule has 122 valence electrons. The number of carbonyl (C=O) groups excluding carboxylic acids is 1. The molecule has 0 unspecified atom stereocenters. The molecule has 7 heteroatoms. The van der Waals surface area contributed by atoms with Crippen molar-refractivity contribution in [1.82, 2.24) is 15.1 Å². The van der Waals surface area contributed by atoms with Crippen molar-refractivity contribution in [3.05, 3.63) is 59.2 Å². The van der Waals surface area contributed by atoms with Crippen molar-refractivity contribution in [1.29, 1.82) is 0 Å². The van der Waals surface area contributed by atoms with E-state index in [0.29, 0.717) is 23.2 Å². The molecule has 7 nitrogen and oxygen atoms in total. The van der Waals surface area contributed by atoms with Gasteiger partial charge in [0.05, 0.1) is 0 Å². The first kappa shape index (κ1) is 15.7. The van der Waals surface area contributed by atoms with Gasteiger partial charge < -0.3 is 15.2 Å². The third-order valence-corrected chi connectivity index (χ3v) is 3.23. The second kappa shape index (κ2) is 6.49. The maximum Gasteiger partial charge on any atom is 0.274 e. The summed E-state index contributed by atoms with van der Waals surface area (Å²) in [5, 5.41) is 9.67. The number of rotatable bonds is 4. The molecular formula is C17H17N5O2. The Labute approximate surface area is 139 Å². The summed E-state index contributed by atoms with van der Waals surface area (Å²) in [5.74, 6) is 1.86. The molecule has 0 atom stereocenters. The number of aromatic nitrogens is 3. The summed E-state index contributed by atoms with van der Waals surface area (Å²) in [5.41, 5.74) is 2.06. The van der Waals surface area contributed by atoms with Crippen LogP contribution < -0.4 is 10.6 Å². The number of hydrogen-bond donors (Lipinski definition) is 2. The van der Waals surface area contributed by atoms with E-state index in [-0.39, 0.29) is 11.6 Å². The average molecular weight is 323 g/mol. The maximum atomic E-state index is 12.4. The second-order valence-corrected chi connectivity index (χ2v) is 5.46. The summed E-state index contributed by atoms with van der Waals surface area (Å²) in [7, 11) is 0. The van der Waals surface area contributed by atoms with E-state index in [1.165, 1.54) is 0 Å². The van der Waals surface area contributed by atoms with Crippen LogP contribution in [0.15, 0.2) is 40.9 Å². The smallest absolute Gasteiger partial charge is 0.274 e. The highest BCUT2D eigenvalue weighted by atomic mass is 16.5. The molecule has 0 aliphatic heterocycles. The highest BCUT2D eigenvalue weighted by Gasteiger charge is 2.12. The first-order chi connectivity index (χ1) is 11.5. The van der Waals surface area contributed by atoms with E-state index in [1.54, 1.807) is 26.0 Å². The van der Waals surface area contributed by atoms with Crippen molar-refractivity contribution in [2.75, 3.05) is 10.6 Å². The number of amides is 1. The van der Waals surface area contributed by atoms with Gasteiger partial charge in [0.15, 0.2) is 5.82 Å². The quantitative estimate of drug-likeness (QED) is 0.764. The van der Waals surface area contributed by atoms with Gasteiger partial charge in [0.25, 0.3) is 5.91 Å². The van der Waals surface area contributed by atoms with Gasteiger partial charge in [-0.2, -0.15) is 0 Å². The lowest BCUT2D eigenvalue weighted by Gasteiger charge is -2.08. The number of carbonyl (C=O) groups is 1. The van der Waals surface area contributed by atoms with Crippen LogP contribution >= 0.6 is 0 Å². The highest BCUT2D eigenvalue weighted by molar-refractivity contribution is 6.03. The molecule has 0 radical (unpaired) electrons. The average Bonchev–Trinajstić information content (AvgIpc) is 2.91. The molecule has 1 aromatic carbocycles. The van der Waals surface area contributed by atoms with Crippen LogP contribution in [-0.4, -0.2) is 21.0 Å². The van der Waals surface area contributed by atoms with Crippen molar-refractivity contribution in [2.45, 2.75) is 20.8 Å². The van der Waals surface area contributed by atoms with Crippen LogP contribution in [0.5, 0.6) is 0 Å². The molecule has 2 aromatic heterocycles. The maximum absolute atomic E-state index is 12.4. The first-order valence-electron chi connectivity index (χ1n) is 7.43. The van der Waals surface area contributed by atoms with E-state index in [1.807, 2.05) is 31.2 Å².